The number of oxazole rings is 1. The smallest absolute Gasteiger partial charge is 0.347 e. The summed E-state index contributed by atoms with van der Waals surface area (Å²) < 4.78 is 11.3. The van der Waals surface area contributed by atoms with E-state index in [1.54, 1.807) is 6.26 Å². The molecule has 2 rings (SSSR count). The number of nitrogens with zero attached hydrogens (tertiary/aromatic N) is 3. The van der Waals surface area contributed by atoms with E-state index in [2.05, 4.69) is 20.8 Å². The minimum atomic E-state index is 0. The Hall–Kier alpha value is -1.72. The summed E-state index contributed by atoms with van der Waals surface area (Å²) in [5, 5.41) is 0. The van der Waals surface area contributed by atoms with Gasteiger partial charge in [0.2, 0.25) is 12.5 Å². The van der Waals surface area contributed by atoms with Gasteiger partial charge in [0.25, 0.3) is 0 Å². The van der Waals surface area contributed by atoms with Crippen LogP contribution in [0.15, 0.2) is 35.6 Å². The van der Waals surface area contributed by atoms with Crippen LogP contribution in [-0.4, -0.2) is 4.57 Å². The summed E-state index contributed by atoms with van der Waals surface area (Å²) >= 11 is 0. The standard InChI is InChI=1S/C9H16NO.C5H9N2.2FH/c1-9(2,3)7-8-10(4)5-6-11-8;1-6-3-4-7(2)5-6;;/h5-6H,7H2,1-4H3;3-5H,1-2H3;2*1H/q2*+1;;/p-2. The molecule has 0 aliphatic heterocycles. The first-order valence-corrected chi connectivity index (χ1v) is 6.17. The Labute approximate surface area is 119 Å². The Bertz CT molecular complexity index is 470. The molecule has 6 heteroatoms. The highest BCUT2D eigenvalue weighted by molar-refractivity contribution is 4.77. The number of hydrogen-bond acceptors (Lipinski definition) is 1. The molecular formula is C14H25F2N3O. The molecule has 0 amide bonds. The lowest BCUT2D eigenvalue weighted by Crippen LogP contribution is -3.00. The molecule has 0 saturated carbocycles. The van der Waals surface area contributed by atoms with Gasteiger partial charge in [-0.05, 0) is 5.41 Å². The fraction of sp³-hybridized carbons (Fsp3) is 0.571. The van der Waals surface area contributed by atoms with Crippen LogP contribution in [0.25, 0.3) is 0 Å². The highest BCUT2D eigenvalue weighted by atomic mass is 19.0. The first-order valence-electron chi connectivity index (χ1n) is 6.17. The summed E-state index contributed by atoms with van der Waals surface area (Å²) in [6, 6.07) is 0. The third-order valence-corrected chi connectivity index (χ3v) is 2.46. The zero-order valence-electron chi connectivity index (χ0n) is 13.1. The molecule has 0 saturated heterocycles. The van der Waals surface area contributed by atoms with E-state index >= 15 is 0 Å². The summed E-state index contributed by atoms with van der Waals surface area (Å²) in [7, 11) is 6.00. The lowest BCUT2D eigenvalue weighted by Gasteiger charge is -2.12. The van der Waals surface area contributed by atoms with Crippen molar-refractivity contribution in [2.45, 2.75) is 27.2 Å². The lowest BCUT2D eigenvalue weighted by molar-refractivity contribution is -0.683. The van der Waals surface area contributed by atoms with Crippen molar-refractivity contribution in [2.75, 3.05) is 0 Å². The molecule has 0 atom stereocenters. The predicted octanol–water partition coefficient (Wildman–Crippen LogP) is -4.45. The zero-order chi connectivity index (χ0) is 13.8. The third-order valence-electron chi connectivity index (χ3n) is 2.46. The van der Waals surface area contributed by atoms with Gasteiger partial charge in [-0.2, -0.15) is 4.57 Å². The SMILES string of the molecule is C[n+]1ccoc1CC(C)(C)C.Cn1cc[n+](C)c1.[F-].[F-]. The molecule has 0 aliphatic rings. The molecule has 0 unspecified atom stereocenters. The molecule has 0 aromatic carbocycles. The Morgan fingerprint density at radius 3 is 2.00 bits per heavy atom. The summed E-state index contributed by atoms with van der Waals surface area (Å²) in [6.07, 6.45) is 10.6. The molecule has 0 spiro atoms. The van der Waals surface area contributed by atoms with Crippen molar-refractivity contribution in [1.82, 2.24) is 4.57 Å². The number of halogens is 2. The second-order valence-electron chi connectivity index (χ2n) is 5.89. The normalized spacial score (nSPS) is 9.90. The maximum Gasteiger partial charge on any atom is 0.347 e. The quantitative estimate of drug-likeness (QED) is 0.487. The largest absolute Gasteiger partial charge is 1.00 e. The van der Waals surface area contributed by atoms with Crippen LogP contribution in [-0.2, 0) is 27.6 Å². The van der Waals surface area contributed by atoms with E-state index < -0.39 is 0 Å². The molecule has 2 aromatic heterocycles. The van der Waals surface area contributed by atoms with Gasteiger partial charge in [0.05, 0.1) is 20.5 Å². The molecular weight excluding hydrogens is 264 g/mol. The molecule has 20 heavy (non-hydrogen) atoms. The zero-order valence-corrected chi connectivity index (χ0v) is 13.1. The van der Waals surface area contributed by atoms with Crippen molar-refractivity contribution < 1.29 is 23.0 Å². The first-order chi connectivity index (χ1) is 8.28. The van der Waals surface area contributed by atoms with E-state index in [-0.39, 0.29) is 9.41 Å². The number of rotatable bonds is 1. The van der Waals surface area contributed by atoms with E-state index in [1.807, 2.05) is 59.8 Å². The summed E-state index contributed by atoms with van der Waals surface area (Å²) in [6.45, 7) is 6.61. The van der Waals surface area contributed by atoms with Gasteiger partial charge in [-0.3, -0.25) is 0 Å². The van der Waals surface area contributed by atoms with Gasteiger partial charge >= 0.3 is 5.89 Å². The number of hydrogen-bond donors (Lipinski definition) is 0. The van der Waals surface area contributed by atoms with Gasteiger partial charge in [-0.1, -0.05) is 20.8 Å². The number of imidazole rings is 1. The van der Waals surface area contributed by atoms with Crippen LogP contribution in [0.2, 0.25) is 0 Å². The van der Waals surface area contributed by atoms with Crippen LogP contribution in [0.4, 0.5) is 0 Å². The average molecular weight is 289 g/mol. The van der Waals surface area contributed by atoms with Crippen molar-refractivity contribution in [2.24, 2.45) is 26.6 Å². The first kappa shape index (κ1) is 20.6. The Balaban J connectivity index is 0. The molecule has 0 bridgehead atoms. The Kier molecular flexibility index (Phi) is 8.70. The number of aromatic nitrogens is 3. The van der Waals surface area contributed by atoms with Crippen molar-refractivity contribution in [3.05, 3.63) is 37.1 Å². The van der Waals surface area contributed by atoms with E-state index in [0.29, 0.717) is 5.41 Å². The predicted molar refractivity (Wildman–Crippen MR) is 69.6 cm³/mol. The van der Waals surface area contributed by atoms with E-state index in [0.717, 1.165) is 12.3 Å². The van der Waals surface area contributed by atoms with Crippen LogP contribution in [0.5, 0.6) is 0 Å². The fourth-order valence-corrected chi connectivity index (χ4v) is 1.56. The van der Waals surface area contributed by atoms with Crippen molar-refractivity contribution in [1.29, 1.82) is 0 Å². The minimum absolute atomic E-state index is 0. The topological polar surface area (TPSA) is 25.8 Å². The van der Waals surface area contributed by atoms with Gasteiger partial charge in [-0.15, -0.1) is 0 Å². The summed E-state index contributed by atoms with van der Waals surface area (Å²) in [5.74, 6) is 1.04. The summed E-state index contributed by atoms with van der Waals surface area (Å²) in [4.78, 5) is 0. The van der Waals surface area contributed by atoms with Crippen molar-refractivity contribution >= 4 is 0 Å². The van der Waals surface area contributed by atoms with Crippen LogP contribution in [0.1, 0.15) is 26.7 Å². The van der Waals surface area contributed by atoms with Gasteiger partial charge in [0.1, 0.15) is 19.4 Å². The second-order valence-corrected chi connectivity index (χ2v) is 5.89. The molecule has 2 aromatic rings. The average Bonchev–Trinajstić information content (AvgIpc) is 2.76. The lowest BCUT2D eigenvalue weighted by atomic mass is 9.92. The van der Waals surface area contributed by atoms with Crippen molar-refractivity contribution in [3.8, 4) is 0 Å². The fourth-order valence-electron chi connectivity index (χ4n) is 1.56. The second kappa shape index (κ2) is 8.45. The van der Waals surface area contributed by atoms with Crippen LogP contribution in [0, 0.1) is 5.41 Å². The molecule has 0 fully saturated rings. The maximum atomic E-state index is 5.30. The monoisotopic (exact) mass is 289 g/mol. The van der Waals surface area contributed by atoms with Crippen LogP contribution < -0.4 is 18.5 Å². The van der Waals surface area contributed by atoms with Gasteiger partial charge in [0, 0.05) is 0 Å². The van der Waals surface area contributed by atoms with Crippen LogP contribution >= 0.6 is 0 Å². The van der Waals surface area contributed by atoms with Gasteiger partial charge < -0.3 is 13.8 Å². The highest BCUT2D eigenvalue weighted by Crippen LogP contribution is 2.18. The van der Waals surface area contributed by atoms with Crippen LogP contribution in [0.3, 0.4) is 0 Å². The maximum absolute atomic E-state index is 5.30. The minimum Gasteiger partial charge on any atom is -1.00 e. The summed E-state index contributed by atoms with van der Waals surface area (Å²) in [5.41, 5.74) is 0.301. The number of aryl methyl sites for hydroxylation is 3. The molecule has 116 valence electrons. The van der Waals surface area contributed by atoms with Crippen molar-refractivity contribution in [3.63, 3.8) is 0 Å². The molecule has 0 N–H and O–H groups in total. The van der Waals surface area contributed by atoms with Gasteiger partial charge in [0.15, 0.2) is 6.26 Å². The van der Waals surface area contributed by atoms with E-state index in [9.17, 15) is 0 Å². The Morgan fingerprint density at radius 1 is 1.15 bits per heavy atom. The molecule has 2 heterocycles. The highest BCUT2D eigenvalue weighted by Gasteiger charge is 2.20. The Morgan fingerprint density at radius 2 is 1.75 bits per heavy atom. The van der Waals surface area contributed by atoms with E-state index in [1.165, 1.54) is 0 Å². The molecule has 0 radical (unpaired) electrons. The third kappa shape index (κ3) is 7.66. The van der Waals surface area contributed by atoms with Gasteiger partial charge in [-0.25, -0.2) is 9.13 Å². The van der Waals surface area contributed by atoms with E-state index in [4.69, 9.17) is 4.42 Å². The molecule has 4 nitrogen and oxygen atoms in total. The molecule has 0 aliphatic carbocycles.